The zero-order valence-electron chi connectivity index (χ0n) is 23.0. The number of nitrogens with zero attached hydrogens (tertiary/aromatic N) is 1. The Kier molecular flexibility index (Phi) is 9.49. The van der Waals surface area contributed by atoms with Crippen molar-refractivity contribution in [1.29, 1.82) is 0 Å². The van der Waals surface area contributed by atoms with Gasteiger partial charge in [0.1, 0.15) is 0 Å². The molecule has 2 aliphatic carbocycles. The van der Waals surface area contributed by atoms with Gasteiger partial charge in [-0.1, -0.05) is 70.6 Å². The molecular formula is C31H47NO3S. The van der Waals surface area contributed by atoms with Crippen molar-refractivity contribution in [3.63, 3.8) is 0 Å². The number of thiazole rings is 1. The number of aryl methyl sites for hydroxylation is 1. The maximum absolute atomic E-state index is 12.1. The molecule has 5 heteroatoms. The maximum atomic E-state index is 12.1. The van der Waals surface area contributed by atoms with Gasteiger partial charge in [-0.15, -0.1) is 11.3 Å². The number of hydrogen-bond donors (Lipinski definition) is 1. The molecule has 2 aromatic rings. The van der Waals surface area contributed by atoms with E-state index in [0.717, 1.165) is 33.2 Å². The van der Waals surface area contributed by atoms with Gasteiger partial charge < -0.3 is 9.84 Å². The summed E-state index contributed by atoms with van der Waals surface area (Å²) >= 11 is 1.78. The van der Waals surface area contributed by atoms with Gasteiger partial charge in [-0.2, -0.15) is 0 Å². The summed E-state index contributed by atoms with van der Waals surface area (Å²) in [6.07, 6.45) is 18.4. The van der Waals surface area contributed by atoms with Crippen LogP contribution in [-0.4, -0.2) is 21.7 Å². The van der Waals surface area contributed by atoms with Gasteiger partial charge in [-0.05, 0) is 82.1 Å². The fourth-order valence-corrected chi connectivity index (χ4v) is 7.69. The number of carbonyl (C=O) groups is 1. The van der Waals surface area contributed by atoms with Crippen molar-refractivity contribution in [2.24, 2.45) is 11.8 Å². The van der Waals surface area contributed by atoms with Gasteiger partial charge >= 0.3 is 5.97 Å². The average Bonchev–Trinajstić information content (AvgIpc) is 3.24. The van der Waals surface area contributed by atoms with Crippen LogP contribution in [0.4, 0.5) is 0 Å². The minimum atomic E-state index is -0.963. The minimum Gasteiger partial charge on any atom is -0.479 e. The fraction of sp³-hybridized carbons (Fsp3) is 0.742. The summed E-state index contributed by atoms with van der Waals surface area (Å²) < 4.78 is 7.03. The van der Waals surface area contributed by atoms with Crippen LogP contribution in [0.1, 0.15) is 139 Å². The Hall–Kier alpha value is -1.46. The second-order valence-corrected chi connectivity index (χ2v) is 13.5. The van der Waals surface area contributed by atoms with Gasteiger partial charge in [-0.3, -0.25) is 0 Å². The number of hydrogen-bond acceptors (Lipinski definition) is 4. The molecule has 0 amide bonds. The van der Waals surface area contributed by atoms with E-state index in [1.165, 1.54) is 94.9 Å². The van der Waals surface area contributed by atoms with Gasteiger partial charge in [0, 0.05) is 5.92 Å². The van der Waals surface area contributed by atoms with E-state index in [1.807, 2.05) is 33.8 Å². The molecule has 1 N–H and O–H groups in total. The Morgan fingerprint density at radius 3 is 2.14 bits per heavy atom. The first-order chi connectivity index (χ1) is 17.2. The third-order valence-corrected chi connectivity index (χ3v) is 9.63. The van der Waals surface area contributed by atoms with Crippen molar-refractivity contribution < 1.29 is 14.6 Å². The van der Waals surface area contributed by atoms with E-state index in [0.29, 0.717) is 5.92 Å². The summed E-state index contributed by atoms with van der Waals surface area (Å²) in [5, 5.41) is 11.1. The Morgan fingerprint density at radius 2 is 1.50 bits per heavy atom. The third-order valence-electron chi connectivity index (χ3n) is 8.45. The average molecular weight is 514 g/mol. The lowest BCUT2D eigenvalue weighted by Crippen LogP contribution is -2.27. The van der Waals surface area contributed by atoms with E-state index in [2.05, 4.69) is 6.07 Å². The molecule has 200 valence electrons. The molecular weight excluding hydrogens is 466 g/mol. The Morgan fingerprint density at radius 1 is 0.917 bits per heavy atom. The van der Waals surface area contributed by atoms with Crippen molar-refractivity contribution in [1.82, 2.24) is 4.98 Å². The van der Waals surface area contributed by atoms with E-state index >= 15 is 0 Å². The van der Waals surface area contributed by atoms with Gasteiger partial charge in [-0.25, -0.2) is 9.78 Å². The predicted octanol–water partition coefficient (Wildman–Crippen LogP) is 9.35. The number of rotatable bonds is 5. The second kappa shape index (κ2) is 12.4. The molecule has 0 spiro atoms. The zero-order chi connectivity index (χ0) is 25.7. The van der Waals surface area contributed by atoms with Crippen LogP contribution in [0.15, 0.2) is 12.1 Å². The number of carboxylic acids is 1. The molecule has 2 aliphatic rings. The molecule has 0 saturated heterocycles. The second-order valence-electron chi connectivity index (χ2n) is 12.5. The molecule has 4 nitrogen and oxygen atoms in total. The van der Waals surface area contributed by atoms with Crippen LogP contribution < -0.4 is 0 Å². The lowest BCUT2D eigenvalue weighted by Gasteiger charge is -2.30. The maximum Gasteiger partial charge on any atom is 0.337 e. The highest BCUT2D eigenvalue weighted by atomic mass is 32.1. The summed E-state index contributed by atoms with van der Waals surface area (Å²) in [6.45, 7) is 7.69. The van der Waals surface area contributed by atoms with Crippen LogP contribution in [0.2, 0.25) is 0 Å². The van der Waals surface area contributed by atoms with Crippen LogP contribution in [0.5, 0.6) is 0 Å². The van der Waals surface area contributed by atoms with Crippen LogP contribution >= 0.6 is 11.3 Å². The quantitative estimate of drug-likeness (QED) is 0.432. The molecule has 3 atom stereocenters. The smallest absolute Gasteiger partial charge is 0.337 e. The topological polar surface area (TPSA) is 59.4 Å². The van der Waals surface area contributed by atoms with E-state index in [1.54, 1.807) is 11.3 Å². The number of benzene rings is 1. The first kappa shape index (κ1) is 27.6. The first-order valence-electron chi connectivity index (χ1n) is 14.5. The molecule has 3 unspecified atom stereocenters. The highest BCUT2D eigenvalue weighted by Gasteiger charge is 2.30. The molecule has 2 saturated carbocycles. The molecule has 0 bridgehead atoms. The van der Waals surface area contributed by atoms with Crippen LogP contribution in [0.25, 0.3) is 10.2 Å². The summed E-state index contributed by atoms with van der Waals surface area (Å²) in [4.78, 5) is 17.2. The van der Waals surface area contributed by atoms with Gasteiger partial charge in [0.2, 0.25) is 0 Å². The van der Waals surface area contributed by atoms with Crippen LogP contribution in [0, 0.1) is 18.8 Å². The van der Waals surface area contributed by atoms with E-state index in [-0.39, 0.29) is 0 Å². The van der Waals surface area contributed by atoms with Crippen molar-refractivity contribution in [2.45, 2.75) is 135 Å². The van der Waals surface area contributed by atoms with E-state index < -0.39 is 17.7 Å². The SMILES string of the molecule is Cc1cc2nc(C3CCCCC(C4CCCCCCCC4)CC3)sc2cc1C(OC(C)(C)C)C(=O)O. The zero-order valence-corrected chi connectivity index (χ0v) is 23.8. The van der Waals surface area contributed by atoms with Crippen LogP contribution in [0.3, 0.4) is 0 Å². The van der Waals surface area contributed by atoms with Gasteiger partial charge in [0.15, 0.2) is 6.10 Å². The third kappa shape index (κ3) is 7.31. The number of fused-ring (bicyclic) bond motifs is 1. The Labute approximate surface area is 222 Å². The van der Waals surface area contributed by atoms with Crippen molar-refractivity contribution in [3.8, 4) is 0 Å². The molecule has 2 fully saturated rings. The predicted molar refractivity (Wildman–Crippen MR) is 150 cm³/mol. The van der Waals surface area contributed by atoms with Crippen molar-refractivity contribution in [2.75, 3.05) is 0 Å². The number of aliphatic carboxylic acids is 1. The number of aromatic nitrogens is 1. The monoisotopic (exact) mass is 513 g/mol. The van der Waals surface area contributed by atoms with Gasteiger partial charge in [0.25, 0.3) is 0 Å². The lowest BCUT2D eigenvalue weighted by molar-refractivity contribution is -0.160. The fourth-order valence-electron chi connectivity index (χ4n) is 6.52. The highest BCUT2D eigenvalue weighted by molar-refractivity contribution is 7.18. The van der Waals surface area contributed by atoms with E-state index in [4.69, 9.17) is 9.72 Å². The molecule has 1 heterocycles. The number of ether oxygens (including phenoxy) is 1. The molecule has 36 heavy (non-hydrogen) atoms. The lowest BCUT2D eigenvalue weighted by atomic mass is 9.75. The largest absolute Gasteiger partial charge is 0.479 e. The number of carboxylic acid groups (broad SMARTS) is 1. The summed E-state index contributed by atoms with van der Waals surface area (Å²) in [5.41, 5.74) is 2.16. The molecule has 1 aromatic heterocycles. The molecule has 0 aliphatic heterocycles. The van der Waals surface area contributed by atoms with Crippen LogP contribution in [-0.2, 0) is 9.53 Å². The summed E-state index contributed by atoms with van der Waals surface area (Å²) in [7, 11) is 0. The highest BCUT2D eigenvalue weighted by Crippen LogP contribution is 2.42. The van der Waals surface area contributed by atoms with Crippen molar-refractivity contribution in [3.05, 3.63) is 28.3 Å². The summed E-state index contributed by atoms with van der Waals surface area (Å²) in [5.74, 6) is 1.41. The normalized spacial score (nSPS) is 24.3. The Bertz CT molecular complexity index is 997. The molecule has 4 rings (SSSR count). The molecule has 0 radical (unpaired) electrons. The van der Waals surface area contributed by atoms with Gasteiger partial charge in [0.05, 0.1) is 20.8 Å². The minimum absolute atomic E-state index is 0.533. The van der Waals surface area contributed by atoms with E-state index in [9.17, 15) is 9.90 Å². The Balaban J connectivity index is 1.51. The molecule has 1 aromatic carbocycles. The first-order valence-corrected chi connectivity index (χ1v) is 15.3. The van der Waals surface area contributed by atoms with Crippen molar-refractivity contribution >= 4 is 27.5 Å². The standard InChI is InChI=1S/C31H47NO3S/c1-21-19-26-27(20-25(21)28(30(33)34)35-31(2,3)4)36-29(32-26)24-16-12-11-15-23(17-18-24)22-13-9-7-5-6-8-10-14-22/h19-20,22-24,28H,5-18H2,1-4H3,(H,33,34). The summed E-state index contributed by atoms with van der Waals surface area (Å²) in [6, 6.07) is 4.09.